The molecular formula is C25H27NO4. The molecule has 0 spiro atoms. The molecule has 0 radical (unpaired) electrons. The number of allylic oxidation sites excluding steroid dienone is 2. The maximum atomic E-state index is 13.2. The van der Waals surface area contributed by atoms with Crippen LogP contribution in [0.2, 0.25) is 0 Å². The van der Waals surface area contributed by atoms with Gasteiger partial charge in [0.05, 0.1) is 13.2 Å². The Kier molecular flexibility index (Phi) is 5.62. The van der Waals surface area contributed by atoms with E-state index in [9.17, 15) is 9.59 Å². The zero-order valence-corrected chi connectivity index (χ0v) is 17.6. The lowest BCUT2D eigenvalue weighted by molar-refractivity contribution is -0.122. The first kappa shape index (κ1) is 20.2. The number of ketones is 1. The van der Waals surface area contributed by atoms with Crippen LogP contribution in [0.5, 0.6) is 11.5 Å². The van der Waals surface area contributed by atoms with Gasteiger partial charge in [0, 0.05) is 30.0 Å². The molecule has 5 nitrogen and oxygen atoms in total. The zero-order valence-electron chi connectivity index (χ0n) is 17.6. The molecular weight excluding hydrogens is 378 g/mol. The highest BCUT2D eigenvalue weighted by molar-refractivity contribution is 6.02. The van der Waals surface area contributed by atoms with Crippen LogP contribution in [-0.2, 0) is 9.59 Å². The van der Waals surface area contributed by atoms with Gasteiger partial charge in [0.25, 0.3) is 0 Å². The normalized spacial score (nSPS) is 21.3. The predicted molar refractivity (Wildman–Crippen MR) is 115 cm³/mol. The van der Waals surface area contributed by atoms with E-state index in [0.717, 1.165) is 33.9 Å². The summed E-state index contributed by atoms with van der Waals surface area (Å²) < 4.78 is 11.0. The fourth-order valence-electron chi connectivity index (χ4n) is 4.43. The van der Waals surface area contributed by atoms with Crippen LogP contribution < -0.4 is 14.8 Å². The summed E-state index contributed by atoms with van der Waals surface area (Å²) in [5.74, 6) is 1.45. The second kappa shape index (κ2) is 8.34. The lowest BCUT2D eigenvalue weighted by Gasteiger charge is -2.34. The van der Waals surface area contributed by atoms with Gasteiger partial charge in [-0.3, -0.25) is 9.59 Å². The molecule has 2 aromatic carbocycles. The van der Waals surface area contributed by atoms with Crippen molar-refractivity contribution >= 4 is 11.7 Å². The van der Waals surface area contributed by atoms with E-state index in [1.54, 1.807) is 7.11 Å². The summed E-state index contributed by atoms with van der Waals surface area (Å²) in [6.07, 6.45) is 1.47. The number of carbonyl (C=O) groups is 2. The number of hydrogen-bond acceptors (Lipinski definition) is 4. The zero-order chi connectivity index (χ0) is 21.3. The Labute approximate surface area is 177 Å². The summed E-state index contributed by atoms with van der Waals surface area (Å²) in [4.78, 5) is 25.7. The molecule has 1 aliphatic carbocycles. The smallest absolute Gasteiger partial charge is 0.225 e. The van der Waals surface area contributed by atoms with Crippen molar-refractivity contribution in [1.29, 1.82) is 0 Å². The molecule has 2 unspecified atom stereocenters. The molecule has 5 heteroatoms. The van der Waals surface area contributed by atoms with E-state index in [2.05, 4.69) is 5.32 Å². The van der Waals surface area contributed by atoms with Crippen LogP contribution >= 0.6 is 0 Å². The third-order valence-corrected chi connectivity index (χ3v) is 5.76. The van der Waals surface area contributed by atoms with E-state index in [-0.39, 0.29) is 29.6 Å². The molecule has 1 aliphatic heterocycles. The Hall–Kier alpha value is -3.08. The Balaban J connectivity index is 1.63. The SMILES string of the molecule is COc1cccc(C2CC(=O)C3=C(C2)NC(=O)CC3c2ccc(OC(C)C)cc2)c1. The van der Waals surface area contributed by atoms with Gasteiger partial charge in [-0.15, -0.1) is 0 Å². The van der Waals surface area contributed by atoms with Gasteiger partial charge in [-0.05, 0) is 61.6 Å². The highest BCUT2D eigenvalue weighted by atomic mass is 16.5. The standard InChI is InChI=1S/C25H27NO4/c1-15(2)30-19-9-7-16(8-10-19)21-14-24(28)26-22-12-18(13-23(27)25(21)22)17-5-4-6-20(11-17)29-3/h4-11,15,18,21H,12-14H2,1-3H3,(H,26,28). The number of rotatable bonds is 5. The molecule has 0 saturated carbocycles. The number of Topliss-reactive ketones (excluding diaryl/α,β-unsaturated/α-hetero) is 1. The molecule has 2 aliphatic rings. The van der Waals surface area contributed by atoms with Crippen molar-refractivity contribution in [3.63, 3.8) is 0 Å². The fraction of sp³-hybridized carbons (Fsp3) is 0.360. The van der Waals surface area contributed by atoms with Crippen molar-refractivity contribution in [2.45, 2.75) is 51.0 Å². The molecule has 0 saturated heterocycles. The van der Waals surface area contributed by atoms with Crippen molar-refractivity contribution in [2.24, 2.45) is 0 Å². The topological polar surface area (TPSA) is 64.6 Å². The van der Waals surface area contributed by atoms with Gasteiger partial charge in [0.1, 0.15) is 11.5 Å². The number of benzene rings is 2. The molecule has 30 heavy (non-hydrogen) atoms. The first-order chi connectivity index (χ1) is 14.4. The van der Waals surface area contributed by atoms with Crippen molar-refractivity contribution in [2.75, 3.05) is 7.11 Å². The van der Waals surface area contributed by atoms with Crippen LogP contribution in [0.15, 0.2) is 59.8 Å². The highest BCUT2D eigenvalue weighted by Crippen LogP contribution is 2.43. The lowest BCUT2D eigenvalue weighted by Crippen LogP contribution is -2.38. The van der Waals surface area contributed by atoms with Gasteiger partial charge in [0.2, 0.25) is 5.91 Å². The average molecular weight is 405 g/mol. The Morgan fingerprint density at radius 1 is 0.933 bits per heavy atom. The molecule has 4 rings (SSSR count). The van der Waals surface area contributed by atoms with Gasteiger partial charge >= 0.3 is 0 Å². The van der Waals surface area contributed by atoms with Crippen molar-refractivity contribution < 1.29 is 19.1 Å². The first-order valence-electron chi connectivity index (χ1n) is 10.4. The molecule has 2 atom stereocenters. The Morgan fingerprint density at radius 3 is 2.40 bits per heavy atom. The number of nitrogens with one attached hydrogen (secondary N) is 1. The monoisotopic (exact) mass is 405 g/mol. The minimum absolute atomic E-state index is 0.0345. The Bertz CT molecular complexity index is 990. The number of methoxy groups -OCH3 is 1. The predicted octanol–water partition coefficient (Wildman–Crippen LogP) is 4.49. The third kappa shape index (κ3) is 4.11. The summed E-state index contributed by atoms with van der Waals surface area (Å²) in [5.41, 5.74) is 3.55. The Morgan fingerprint density at radius 2 is 1.70 bits per heavy atom. The van der Waals surface area contributed by atoms with E-state index >= 15 is 0 Å². The van der Waals surface area contributed by atoms with Crippen molar-refractivity contribution in [3.8, 4) is 11.5 Å². The van der Waals surface area contributed by atoms with Crippen molar-refractivity contribution in [1.82, 2.24) is 5.32 Å². The summed E-state index contributed by atoms with van der Waals surface area (Å²) in [5, 5.41) is 2.98. The molecule has 2 aromatic rings. The minimum Gasteiger partial charge on any atom is -0.497 e. The second-order valence-electron chi connectivity index (χ2n) is 8.24. The fourth-order valence-corrected chi connectivity index (χ4v) is 4.43. The molecule has 1 heterocycles. The lowest BCUT2D eigenvalue weighted by atomic mass is 9.73. The van der Waals surface area contributed by atoms with Gasteiger partial charge < -0.3 is 14.8 Å². The highest BCUT2D eigenvalue weighted by Gasteiger charge is 2.38. The molecule has 0 fully saturated rings. The van der Waals surface area contributed by atoms with Gasteiger partial charge in [-0.25, -0.2) is 0 Å². The van der Waals surface area contributed by atoms with Gasteiger partial charge in [-0.2, -0.15) is 0 Å². The number of ether oxygens (including phenoxy) is 2. The van der Waals surface area contributed by atoms with Crippen LogP contribution in [0, 0.1) is 0 Å². The van der Waals surface area contributed by atoms with Crippen LogP contribution in [0.25, 0.3) is 0 Å². The van der Waals surface area contributed by atoms with E-state index in [4.69, 9.17) is 9.47 Å². The molecule has 1 N–H and O–H groups in total. The van der Waals surface area contributed by atoms with Gasteiger partial charge in [-0.1, -0.05) is 24.3 Å². The average Bonchev–Trinajstić information content (AvgIpc) is 2.73. The maximum Gasteiger partial charge on any atom is 0.225 e. The summed E-state index contributed by atoms with van der Waals surface area (Å²) >= 11 is 0. The van der Waals surface area contributed by atoms with E-state index in [1.807, 2.05) is 62.4 Å². The van der Waals surface area contributed by atoms with Crippen LogP contribution in [0.1, 0.15) is 56.1 Å². The summed E-state index contributed by atoms with van der Waals surface area (Å²) in [6.45, 7) is 3.96. The third-order valence-electron chi connectivity index (χ3n) is 5.76. The quantitative estimate of drug-likeness (QED) is 0.796. The van der Waals surface area contributed by atoms with Gasteiger partial charge in [0.15, 0.2) is 5.78 Å². The molecule has 156 valence electrons. The minimum atomic E-state index is -0.208. The number of amides is 1. The number of carbonyl (C=O) groups excluding carboxylic acids is 2. The van der Waals surface area contributed by atoms with Crippen LogP contribution in [0.3, 0.4) is 0 Å². The van der Waals surface area contributed by atoms with Crippen LogP contribution in [0.4, 0.5) is 0 Å². The maximum absolute atomic E-state index is 13.2. The molecule has 0 bridgehead atoms. The van der Waals surface area contributed by atoms with Crippen molar-refractivity contribution in [3.05, 3.63) is 70.9 Å². The molecule has 1 amide bonds. The summed E-state index contributed by atoms with van der Waals surface area (Å²) in [6, 6.07) is 15.6. The molecule has 0 aromatic heterocycles. The van der Waals surface area contributed by atoms with E-state index < -0.39 is 0 Å². The summed E-state index contributed by atoms with van der Waals surface area (Å²) in [7, 11) is 1.63. The second-order valence-corrected chi connectivity index (χ2v) is 8.24. The number of hydrogen-bond donors (Lipinski definition) is 1. The van der Waals surface area contributed by atoms with E-state index in [1.165, 1.54) is 0 Å². The first-order valence-corrected chi connectivity index (χ1v) is 10.4. The van der Waals surface area contributed by atoms with E-state index in [0.29, 0.717) is 19.3 Å². The van der Waals surface area contributed by atoms with Crippen LogP contribution in [-0.4, -0.2) is 24.9 Å². The largest absolute Gasteiger partial charge is 0.497 e.